The molecule has 0 aromatic heterocycles. The quantitative estimate of drug-likeness (QED) is 0.785. The average molecular weight is 227 g/mol. The van der Waals surface area contributed by atoms with Gasteiger partial charge in [0.15, 0.2) is 0 Å². The van der Waals surface area contributed by atoms with Gasteiger partial charge < -0.3 is 10.0 Å². The van der Waals surface area contributed by atoms with E-state index in [0.717, 1.165) is 38.9 Å². The Labute approximate surface area is 98.8 Å². The highest BCUT2D eigenvalue weighted by Crippen LogP contribution is 2.33. The van der Waals surface area contributed by atoms with Gasteiger partial charge in [-0.3, -0.25) is 4.79 Å². The zero-order valence-corrected chi connectivity index (χ0v) is 10.8. The molecule has 1 atom stereocenters. The standard InChI is InChI=1S/C13H25NO2/c1-4-13(12(15)16)7-5-8-14(10-13)9-6-11(2)3/h11H,4-10H2,1-3H3,(H,15,16). The molecule has 1 unspecified atom stereocenters. The van der Waals surface area contributed by atoms with Gasteiger partial charge in [-0.15, -0.1) is 0 Å². The summed E-state index contributed by atoms with van der Waals surface area (Å²) in [5.41, 5.74) is -0.477. The van der Waals surface area contributed by atoms with E-state index in [0.29, 0.717) is 5.92 Å². The molecule has 1 aliphatic heterocycles. The van der Waals surface area contributed by atoms with Crippen molar-refractivity contribution in [1.29, 1.82) is 0 Å². The maximum absolute atomic E-state index is 11.4. The van der Waals surface area contributed by atoms with E-state index in [1.165, 1.54) is 6.42 Å². The van der Waals surface area contributed by atoms with E-state index in [9.17, 15) is 9.90 Å². The number of hydrogen-bond acceptors (Lipinski definition) is 2. The molecule has 3 nitrogen and oxygen atoms in total. The molecule has 0 saturated carbocycles. The topological polar surface area (TPSA) is 40.5 Å². The third-order valence-corrected chi connectivity index (χ3v) is 3.81. The minimum Gasteiger partial charge on any atom is -0.481 e. The lowest BCUT2D eigenvalue weighted by molar-refractivity contribution is -0.152. The van der Waals surface area contributed by atoms with Crippen molar-refractivity contribution >= 4 is 5.97 Å². The van der Waals surface area contributed by atoms with Gasteiger partial charge in [0.2, 0.25) is 0 Å². The summed E-state index contributed by atoms with van der Waals surface area (Å²) in [6.45, 7) is 9.29. The van der Waals surface area contributed by atoms with E-state index < -0.39 is 11.4 Å². The summed E-state index contributed by atoms with van der Waals surface area (Å²) < 4.78 is 0. The van der Waals surface area contributed by atoms with Gasteiger partial charge in [-0.05, 0) is 44.7 Å². The Morgan fingerprint density at radius 1 is 1.50 bits per heavy atom. The predicted molar refractivity (Wildman–Crippen MR) is 65.5 cm³/mol. The van der Waals surface area contributed by atoms with E-state index in [4.69, 9.17) is 0 Å². The van der Waals surface area contributed by atoms with Crippen LogP contribution in [0.4, 0.5) is 0 Å². The van der Waals surface area contributed by atoms with Gasteiger partial charge >= 0.3 is 5.97 Å². The second-order valence-corrected chi connectivity index (χ2v) is 5.50. The second-order valence-electron chi connectivity index (χ2n) is 5.50. The van der Waals surface area contributed by atoms with Crippen molar-refractivity contribution in [1.82, 2.24) is 4.90 Å². The normalized spacial score (nSPS) is 27.2. The first-order valence-electron chi connectivity index (χ1n) is 6.46. The molecule has 1 rings (SSSR count). The van der Waals surface area contributed by atoms with E-state index >= 15 is 0 Å². The Morgan fingerprint density at radius 2 is 2.19 bits per heavy atom. The summed E-state index contributed by atoms with van der Waals surface area (Å²) in [5.74, 6) is 0.0898. The summed E-state index contributed by atoms with van der Waals surface area (Å²) in [4.78, 5) is 13.7. The van der Waals surface area contributed by atoms with E-state index in [1.54, 1.807) is 0 Å². The third kappa shape index (κ3) is 3.21. The molecule has 0 aliphatic carbocycles. The second kappa shape index (κ2) is 5.67. The van der Waals surface area contributed by atoms with Crippen LogP contribution in [0.2, 0.25) is 0 Å². The zero-order valence-electron chi connectivity index (χ0n) is 10.8. The summed E-state index contributed by atoms with van der Waals surface area (Å²) in [6.07, 6.45) is 3.79. The van der Waals surface area contributed by atoms with Crippen molar-refractivity contribution in [2.45, 2.75) is 46.5 Å². The van der Waals surface area contributed by atoms with Crippen molar-refractivity contribution in [3.05, 3.63) is 0 Å². The number of rotatable bonds is 5. The molecule has 94 valence electrons. The van der Waals surface area contributed by atoms with E-state index in [1.807, 2.05) is 6.92 Å². The largest absolute Gasteiger partial charge is 0.481 e. The molecule has 0 aromatic carbocycles. The maximum Gasteiger partial charge on any atom is 0.310 e. The van der Waals surface area contributed by atoms with Gasteiger partial charge in [0.25, 0.3) is 0 Å². The first-order chi connectivity index (χ1) is 7.50. The van der Waals surface area contributed by atoms with Crippen molar-refractivity contribution in [3.63, 3.8) is 0 Å². The molecule has 0 amide bonds. The van der Waals surface area contributed by atoms with Gasteiger partial charge in [-0.25, -0.2) is 0 Å². The third-order valence-electron chi connectivity index (χ3n) is 3.81. The molecule has 1 aliphatic rings. The van der Waals surface area contributed by atoms with E-state index in [-0.39, 0.29) is 0 Å². The van der Waals surface area contributed by atoms with Crippen LogP contribution in [0.15, 0.2) is 0 Å². The molecule has 1 saturated heterocycles. The first kappa shape index (κ1) is 13.5. The number of nitrogens with zero attached hydrogens (tertiary/aromatic N) is 1. The SMILES string of the molecule is CCC1(C(=O)O)CCCN(CCC(C)C)C1. The van der Waals surface area contributed by atoms with Gasteiger partial charge in [-0.2, -0.15) is 0 Å². The van der Waals surface area contributed by atoms with Crippen LogP contribution in [0.1, 0.15) is 46.5 Å². The van der Waals surface area contributed by atoms with Crippen LogP contribution >= 0.6 is 0 Å². The first-order valence-corrected chi connectivity index (χ1v) is 6.46. The molecular formula is C13H25NO2. The molecule has 0 bridgehead atoms. The maximum atomic E-state index is 11.4. The minimum atomic E-state index is -0.607. The zero-order chi connectivity index (χ0) is 12.2. The smallest absolute Gasteiger partial charge is 0.310 e. The highest BCUT2D eigenvalue weighted by Gasteiger charge is 2.40. The minimum absolute atomic E-state index is 0.477. The Morgan fingerprint density at radius 3 is 2.69 bits per heavy atom. The number of carboxylic acids is 1. The molecule has 1 heterocycles. The van der Waals surface area contributed by atoms with Crippen molar-refractivity contribution < 1.29 is 9.90 Å². The summed E-state index contributed by atoms with van der Waals surface area (Å²) in [7, 11) is 0. The fourth-order valence-electron chi connectivity index (χ4n) is 2.47. The van der Waals surface area contributed by atoms with Crippen LogP contribution < -0.4 is 0 Å². The van der Waals surface area contributed by atoms with Crippen molar-refractivity contribution in [2.24, 2.45) is 11.3 Å². The molecule has 1 fully saturated rings. The summed E-state index contributed by atoms with van der Waals surface area (Å²) in [6, 6.07) is 0. The Kier molecular flexibility index (Phi) is 4.78. The van der Waals surface area contributed by atoms with Crippen LogP contribution in [0, 0.1) is 11.3 Å². The highest BCUT2D eigenvalue weighted by atomic mass is 16.4. The van der Waals surface area contributed by atoms with E-state index in [2.05, 4.69) is 18.7 Å². The van der Waals surface area contributed by atoms with Gasteiger partial charge in [0.1, 0.15) is 0 Å². The lowest BCUT2D eigenvalue weighted by Gasteiger charge is -2.39. The summed E-state index contributed by atoms with van der Waals surface area (Å²) >= 11 is 0. The van der Waals surface area contributed by atoms with Gasteiger partial charge in [0.05, 0.1) is 5.41 Å². The van der Waals surface area contributed by atoms with Crippen molar-refractivity contribution in [2.75, 3.05) is 19.6 Å². The van der Waals surface area contributed by atoms with Crippen LogP contribution in [-0.2, 0) is 4.79 Å². The van der Waals surface area contributed by atoms with Crippen molar-refractivity contribution in [3.8, 4) is 0 Å². The fourth-order valence-corrected chi connectivity index (χ4v) is 2.47. The van der Waals surface area contributed by atoms with Crippen LogP contribution in [-0.4, -0.2) is 35.6 Å². The molecule has 3 heteroatoms. The molecule has 1 N–H and O–H groups in total. The molecule has 0 aromatic rings. The van der Waals surface area contributed by atoms with Crippen LogP contribution in [0.3, 0.4) is 0 Å². The molecular weight excluding hydrogens is 202 g/mol. The highest BCUT2D eigenvalue weighted by molar-refractivity contribution is 5.75. The molecule has 16 heavy (non-hydrogen) atoms. The Hall–Kier alpha value is -0.570. The lowest BCUT2D eigenvalue weighted by Crippen LogP contribution is -2.47. The number of carbonyl (C=O) groups is 1. The number of aliphatic carboxylic acids is 1. The summed E-state index contributed by atoms with van der Waals surface area (Å²) in [5, 5.41) is 9.36. The molecule has 0 radical (unpaired) electrons. The lowest BCUT2D eigenvalue weighted by atomic mass is 9.77. The monoisotopic (exact) mass is 227 g/mol. The van der Waals surface area contributed by atoms with Crippen LogP contribution in [0.25, 0.3) is 0 Å². The Bertz CT molecular complexity index is 240. The number of likely N-dealkylation sites (tertiary alicyclic amines) is 1. The van der Waals surface area contributed by atoms with Gasteiger partial charge in [-0.1, -0.05) is 20.8 Å². The predicted octanol–water partition coefficient (Wildman–Crippen LogP) is 2.61. The average Bonchev–Trinajstić information content (AvgIpc) is 2.26. The number of carboxylic acid groups (broad SMARTS) is 1. The fraction of sp³-hybridized carbons (Fsp3) is 0.923. The Balaban J connectivity index is 2.54. The number of piperidine rings is 1. The van der Waals surface area contributed by atoms with Crippen LogP contribution in [0.5, 0.6) is 0 Å². The van der Waals surface area contributed by atoms with Gasteiger partial charge in [0, 0.05) is 6.54 Å². The molecule has 0 spiro atoms. The number of hydrogen-bond donors (Lipinski definition) is 1.